The van der Waals surface area contributed by atoms with Gasteiger partial charge in [-0.3, -0.25) is 0 Å². The van der Waals surface area contributed by atoms with Crippen LogP contribution >= 0.6 is 0 Å². The van der Waals surface area contributed by atoms with Gasteiger partial charge in [-0.25, -0.2) is 4.79 Å². The Morgan fingerprint density at radius 3 is 1.00 bits per heavy atom. The first-order chi connectivity index (χ1) is 27.3. The molecule has 0 bridgehead atoms. The lowest BCUT2D eigenvalue weighted by Gasteiger charge is -2.48. The van der Waals surface area contributed by atoms with E-state index in [4.69, 9.17) is 0 Å². The summed E-state index contributed by atoms with van der Waals surface area (Å²) in [7, 11) is 0. The van der Waals surface area contributed by atoms with Crippen LogP contribution in [0, 0.1) is 11.8 Å². The maximum atomic E-state index is 13.2. The Bertz CT molecular complexity index is 1640. The number of esters is 1. The van der Waals surface area contributed by atoms with Gasteiger partial charge < -0.3 is 14.9 Å². The smallest absolute Gasteiger partial charge is 0.426 e. The van der Waals surface area contributed by atoms with Gasteiger partial charge in [0.2, 0.25) is 0 Å². The molecule has 1 aliphatic carbocycles. The van der Waals surface area contributed by atoms with Crippen LogP contribution in [0.1, 0.15) is 49.8 Å². The van der Waals surface area contributed by atoms with Gasteiger partial charge in [-0.1, -0.05) is 37.4 Å². The summed E-state index contributed by atoms with van der Waals surface area (Å²) in [6, 6.07) is 0.0320. The van der Waals surface area contributed by atoms with E-state index in [1.807, 2.05) is 0 Å². The highest BCUT2D eigenvalue weighted by molar-refractivity contribution is 5.89. The number of hydrogen-bond donors (Lipinski definition) is 2. The van der Waals surface area contributed by atoms with Crippen LogP contribution in [0.4, 0.5) is 119 Å². The standard InChI is InChI=1S/C16H13F15O4.C16H12F12/c1-5(12(17,18)19)9(32)35-8-3-6(10(33,13(20,21)22)14(23,24)25)2-7(4-8)11(34,15(26,27)28)16(29,30)31;1-4-8-5-9(11(2,13(17,18)19)14(20,21)22)7-10(6-8)12(3,15(23,24)25)16(26,27)28/h6-8,33-34H,1-4H2;4-7H,1H2,2-3H3. The first-order valence-corrected chi connectivity index (χ1v) is 16.0. The largest absolute Gasteiger partial charge is 0.459 e. The molecule has 0 radical (unpaired) electrons. The molecule has 63 heavy (non-hydrogen) atoms. The van der Waals surface area contributed by atoms with Crippen LogP contribution in [0.2, 0.25) is 0 Å². The zero-order valence-corrected chi connectivity index (χ0v) is 30.5. The van der Waals surface area contributed by atoms with Gasteiger partial charge in [-0.2, -0.15) is 119 Å². The predicted molar refractivity (Wildman–Crippen MR) is 155 cm³/mol. The molecule has 2 unspecified atom stereocenters. The molecular weight excluding hydrogens is 961 g/mol. The number of ether oxygens (including phenoxy) is 1. The summed E-state index contributed by atoms with van der Waals surface area (Å²) in [6.45, 7) is 4.44. The van der Waals surface area contributed by atoms with Crippen molar-refractivity contribution in [1.82, 2.24) is 0 Å². The van der Waals surface area contributed by atoms with E-state index < -0.39 is 143 Å². The molecule has 0 spiro atoms. The predicted octanol–water partition coefficient (Wildman–Crippen LogP) is 12.2. The van der Waals surface area contributed by atoms with Crippen molar-refractivity contribution < 1.29 is 138 Å². The molecule has 366 valence electrons. The van der Waals surface area contributed by atoms with Crippen molar-refractivity contribution in [1.29, 1.82) is 0 Å². The van der Waals surface area contributed by atoms with Gasteiger partial charge in [-0.15, -0.1) is 0 Å². The minimum Gasteiger partial charge on any atom is -0.459 e. The van der Waals surface area contributed by atoms with Crippen LogP contribution < -0.4 is 0 Å². The molecule has 1 saturated carbocycles. The molecule has 1 aromatic rings. The van der Waals surface area contributed by atoms with Gasteiger partial charge in [0.05, 0.1) is 0 Å². The van der Waals surface area contributed by atoms with Gasteiger partial charge in [-0.05, 0) is 49.8 Å². The number of aliphatic hydroxyl groups is 2. The zero-order chi connectivity index (χ0) is 50.8. The number of carbonyl (C=O) groups is 1. The fraction of sp³-hybridized carbons (Fsp3) is 0.656. The third-order valence-electron chi connectivity index (χ3n) is 10.1. The Hall–Kier alpha value is -3.80. The Morgan fingerprint density at radius 2 is 0.794 bits per heavy atom. The lowest BCUT2D eigenvalue weighted by atomic mass is 9.65. The molecule has 0 aliphatic heterocycles. The van der Waals surface area contributed by atoms with E-state index in [9.17, 15) is 134 Å². The summed E-state index contributed by atoms with van der Waals surface area (Å²) in [6.07, 6.45) is -65.7. The minimum absolute atomic E-state index is 0.199. The molecule has 0 amide bonds. The van der Waals surface area contributed by atoms with E-state index in [1.165, 1.54) is 0 Å². The number of halogens is 27. The molecule has 31 heteroatoms. The van der Waals surface area contributed by atoms with Gasteiger partial charge in [0.15, 0.2) is 10.8 Å². The summed E-state index contributed by atoms with van der Waals surface area (Å²) < 4.78 is 359. The summed E-state index contributed by atoms with van der Waals surface area (Å²) in [5.74, 6) is -10.0. The Morgan fingerprint density at radius 1 is 0.524 bits per heavy atom. The van der Waals surface area contributed by atoms with E-state index in [0.29, 0.717) is 6.08 Å². The Kier molecular flexibility index (Phi) is 15.3. The SMILES string of the molecule is C=C(C(=O)OC1CC(C(O)(C(F)(F)F)C(F)(F)F)CC(C(O)(C(F)(F)F)C(F)(F)F)C1)C(F)(F)F.C=Cc1cc(C(C)(C(F)(F)F)C(F)(F)F)cc(C(C)(C(F)(F)F)C(F)(F)F)c1. The third kappa shape index (κ3) is 10.5. The molecule has 2 atom stereocenters. The Balaban J connectivity index is 0.000000646. The highest BCUT2D eigenvalue weighted by atomic mass is 19.5. The Labute approximate surface area is 333 Å². The number of rotatable bonds is 7. The van der Waals surface area contributed by atoms with E-state index >= 15 is 0 Å². The lowest BCUT2D eigenvalue weighted by Crippen LogP contribution is -2.67. The maximum Gasteiger partial charge on any atom is 0.426 e. The maximum absolute atomic E-state index is 13.2. The summed E-state index contributed by atoms with van der Waals surface area (Å²) in [4.78, 5) is 11.5. The highest BCUT2D eigenvalue weighted by Gasteiger charge is 2.79. The summed E-state index contributed by atoms with van der Waals surface area (Å²) in [5, 5.41) is 18.9. The highest BCUT2D eigenvalue weighted by Crippen LogP contribution is 2.59. The molecule has 0 heterocycles. The third-order valence-corrected chi connectivity index (χ3v) is 10.1. The first kappa shape index (κ1) is 57.2. The van der Waals surface area contributed by atoms with Crippen LogP contribution in [-0.4, -0.2) is 89.1 Å². The van der Waals surface area contributed by atoms with Crippen molar-refractivity contribution in [3.63, 3.8) is 0 Å². The summed E-state index contributed by atoms with van der Waals surface area (Å²) >= 11 is 0. The minimum atomic E-state index is -6.78. The van der Waals surface area contributed by atoms with Crippen LogP contribution in [-0.2, 0) is 20.4 Å². The molecule has 4 nitrogen and oxygen atoms in total. The number of hydrogen-bond acceptors (Lipinski definition) is 4. The van der Waals surface area contributed by atoms with E-state index in [1.54, 1.807) is 0 Å². The molecule has 2 rings (SSSR count). The van der Waals surface area contributed by atoms with Crippen molar-refractivity contribution in [2.75, 3.05) is 0 Å². The molecule has 2 N–H and O–H groups in total. The summed E-state index contributed by atoms with van der Waals surface area (Å²) in [5.41, 5.74) is -28.3. The first-order valence-electron chi connectivity index (χ1n) is 16.0. The van der Waals surface area contributed by atoms with Crippen LogP contribution in [0.15, 0.2) is 36.9 Å². The molecule has 0 aromatic heterocycles. The van der Waals surface area contributed by atoms with Crippen molar-refractivity contribution in [3.05, 3.63) is 53.6 Å². The zero-order valence-electron chi connectivity index (χ0n) is 30.5. The molecule has 1 aromatic carbocycles. The lowest BCUT2D eigenvalue weighted by molar-refractivity contribution is -0.405. The van der Waals surface area contributed by atoms with Gasteiger partial charge >= 0.3 is 61.6 Å². The van der Waals surface area contributed by atoms with Crippen LogP contribution in [0.3, 0.4) is 0 Å². The second-order valence-corrected chi connectivity index (χ2v) is 13.9. The average molecular weight is 986 g/mol. The van der Waals surface area contributed by atoms with E-state index in [2.05, 4.69) is 17.9 Å². The number of carbonyl (C=O) groups excluding carboxylic acids is 1. The number of benzene rings is 1. The molecule has 1 aliphatic rings. The normalized spacial score (nSPS) is 19.8. The van der Waals surface area contributed by atoms with Crippen LogP contribution in [0.25, 0.3) is 6.08 Å². The number of alkyl halides is 27. The molecule has 1 fully saturated rings. The van der Waals surface area contributed by atoms with Gasteiger partial charge in [0.1, 0.15) is 11.7 Å². The molecular formula is C32H25F27O4. The van der Waals surface area contributed by atoms with Crippen molar-refractivity contribution >= 4 is 12.0 Å². The average Bonchev–Trinajstić information content (AvgIpc) is 3.05. The monoisotopic (exact) mass is 986 g/mol. The second-order valence-electron chi connectivity index (χ2n) is 13.9. The quantitative estimate of drug-likeness (QED) is 0.162. The fourth-order valence-corrected chi connectivity index (χ4v) is 5.95. The van der Waals surface area contributed by atoms with Gasteiger partial charge in [0, 0.05) is 11.8 Å². The fourth-order valence-electron chi connectivity index (χ4n) is 5.95. The molecule has 0 saturated heterocycles. The van der Waals surface area contributed by atoms with Crippen LogP contribution in [0.5, 0.6) is 0 Å². The van der Waals surface area contributed by atoms with Crippen molar-refractivity contribution in [2.24, 2.45) is 11.8 Å². The second kappa shape index (κ2) is 16.9. The van der Waals surface area contributed by atoms with E-state index in [-0.39, 0.29) is 32.0 Å². The van der Waals surface area contributed by atoms with Crippen molar-refractivity contribution in [3.8, 4) is 0 Å². The van der Waals surface area contributed by atoms with E-state index in [0.717, 1.165) is 0 Å². The van der Waals surface area contributed by atoms with Gasteiger partial charge in [0.25, 0.3) is 11.2 Å². The topological polar surface area (TPSA) is 66.8 Å². The van der Waals surface area contributed by atoms with Crippen molar-refractivity contribution in [2.45, 2.75) is 117 Å².